The summed E-state index contributed by atoms with van der Waals surface area (Å²) in [6.45, 7) is 7.29. The minimum Gasteiger partial charge on any atom is -0.477 e. The highest BCUT2D eigenvalue weighted by atomic mass is 16.5. The number of carbonyl (C=O) groups is 1. The summed E-state index contributed by atoms with van der Waals surface area (Å²) in [5.41, 5.74) is 3.31. The number of hydrogen-bond acceptors (Lipinski definition) is 4. The second-order valence-corrected chi connectivity index (χ2v) is 6.29. The van der Waals surface area contributed by atoms with E-state index in [1.807, 2.05) is 0 Å². The molecule has 0 bridgehead atoms. The number of nitrogens with zero attached hydrogens (tertiary/aromatic N) is 1. The van der Waals surface area contributed by atoms with Gasteiger partial charge in [0.2, 0.25) is 0 Å². The maximum absolute atomic E-state index is 11.2. The number of rotatable bonds is 5. The minimum absolute atomic E-state index is 0.0165. The SMILES string of the molecule is CCCCOC1CC2C(C(=O)O)=NNC2CC1(C)C. The van der Waals surface area contributed by atoms with Crippen molar-refractivity contribution in [3.8, 4) is 0 Å². The van der Waals surface area contributed by atoms with Crippen LogP contribution in [0.25, 0.3) is 0 Å². The second kappa shape index (κ2) is 5.49. The predicted molar refractivity (Wildman–Crippen MR) is 73.1 cm³/mol. The lowest BCUT2D eigenvalue weighted by Crippen LogP contribution is -2.49. The van der Waals surface area contributed by atoms with Gasteiger partial charge in [0.25, 0.3) is 0 Å². The Balaban J connectivity index is 2.04. The first-order valence-corrected chi connectivity index (χ1v) is 7.13. The molecule has 5 nitrogen and oxygen atoms in total. The average molecular weight is 268 g/mol. The van der Waals surface area contributed by atoms with E-state index in [2.05, 4.69) is 31.3 Å². The van der Waals surface area contributed by atoms with Crippen LogP contribution >= 0.6 is 0 Å². The zero-order valence-electron chi connectivity index (χ0n) is 12.0. The largest absolute Gasteiger partial charge is 0.477 e. The lowest BCUT2D eigenvalue weighted by atomic mass is 9.67. The number of unbranched alkanes of at least 4 members (excludes halogenated alkanes) is 1. The van der Waals surface area contributed by atoms with E-state index in [0.717, 1.165) is 32.3 Å². The van der Waals surface area contributed by atoms with E-state index in [4.69, 9.17) is 4.74 Å². The van der Waals surface area contributed by atoms with Gasteiger partial charge in [0, 0.05) is 12.5 Å². The topological polar surface area (TPSA) is 70.9 Å². The molecule has 1 heterocycles. The molecule has 3 unspecified atom stereocenters. The summed E-state index contributed by atoms with van der Waals surface area (Å²) < 4.78 is 6.00. The van der Waals surface area contributed by atoms with Crippen LogP contribution < -0.4 is 5.43 Å². The number of ether oxygens (including phenoxy) is 1. The third-order valence-corrected chi connectivity index (χ3v) is 4.31. The molecule has 0 saturated heterocycles. The van der Waals surface area contributed by atoms with Crippen molar-refractivity contribution in [3.63, 3.8) is 0 Å². The summed E-state index contributed by atoms with van der Waals surface area (Å²) in [6.07, 6.45) is 3.93. The number of carboxylic acids is 1. The molecule has 108 valence electrons. The summed E-state index contributed by atoms with van der Waals surface area (Å²) in [6, 6.07) is 0.145. The maximum atomic E-state index is 11.2. The first-order chi connectivity index (χ1) is 8.95. The lowest BCUT2D eigenvalue weighted by Gasteiger charge is -2.43. The Morgan fingerprint density at radius 1 is 1.58 bits per heavy atom. The zero-order valence-corrected chi connectivity index (χ0v) is 12.0. The summed E-state index contributed by atoms with van der Waals surface area (Å²) in [7, 11) is 0. The van der Waals surface area contributed by atoms with E-state index in [0.29, 0.717) is 0 Å². The van der Waals surface area contributed by atoms with Crippen LogP contribution in [0.15, 0.2) is 5.10 Å². The Bertz CT molecular complexity index is 379. The molecular formula is C14H24N2O3. The quantitative estimate of drug-likeness (QED) is 0.748. The molecule has 0 aromatic heterocycles. The van der Waals surface area contributed by atoms with Gasteiger partial charge in [0.05, 0.1) is 12.1 Å². The van der Waals surface area contributed by atoms with Crippen LogP contribution in [-0.4, -0.2) is 35.5 Å². The van der Waals surface area contributed by atoms with E-state index in [1.54, 1.807) is 0 Å². The fourth-order valence-corrected chi connectivity index (χ4v) is 3.10. The van der Waals surface area contributed by atoms with Crippen LogP contribution in [0, 0.1) is 11.3 Å². The van der Waals surface area contributed by atoms with Crippen molar-refractivity contribution >= 4 is 11.7 Å². The van der Waals surface area contributed by atoms with Gasteiger partial charge in [0.15, 0.2) is 5.71 Å². The van der Waals surface area contributed by atoms with Crippen molar-refractivity contribution in [1.29, 1.82) is 0 Å². The van der Waals surface area contributed by atoms with Crippen molar-refractivity contribution in [2.24, 2.45) is 16.4 Å². The van der Waals surface area contributed by atoms with Gasteiger partial charge < -0.3 is 15.3 Å². The Morgan fingerprint density at radius 3 is 2.95 bits per heavy atom. The number of aliphatic carboxylic acids is 1. The van der Waals surface area contributed by atoms with E-state index in [1.165, 1.54) is 0 Å². The number of carboxylic acid groups (broad SMARTS) is 1. The van der Waals surface area contributed by atoms with Crippen LogP contribution in [0.1, 0.15) is 46.5 Å². The Hall–Kier alpha value is -1.10. The molecule has 3 atom stereocenters. The highest BCUT2D eigenvalue weighted by Crippen LogP contribution is 2.42. The molecule has 1 aliphatic heterocycles. The van der Waals surface area contributed by atoms with Crippen LogP contribution in [-0.2, 0) is 9.53 Å². The van der Waals surface area contributed by atoms with Gasteiger partial charge in [-0.3, -0.25) is 0 Å². The van der Waals surface area contributed by atoms with E-state index in [9.17, 15) is 9.90 Å². The first kappa shape index (κ1) is 14.3. The summed E-state index contributed by atoms with van der Waals surface area (Å²) in [5.74, 6) is -0.927. The van der Waals surface area contributed by atoms with Gasteiger partial charge in [0.1, 0.15) is 0 Å². The molecule has 0 aromatic carbocycles. The van der Waals surface area contributed by atoms with Crippen LogP contribution in [0.3, 0.4) is 0 Å². The van der Waals surface area contributed by atoms with E-state index in [-0.39, 0.29) is 29.2 Å². The molecule has 2 N–H and O–H groups in total. The number of hydrogen-bond donors (Lipinski definition) is 2. The van der Waals surface area contributed by atoms with Crippen molar-refractivity contribution in [2.45, 2.75) is 58.6 Å². The maximum Gasteiger partial charge on any atom is 0.352 e. The Morgan fingerprint density at radius 2 is 2.32 bits per heavy atom. The van der Waals surface area contributed by atoms with Gasteiger partial charge in [-0.2, -0.15) is 5.10 Å². The van der Waals surface area contributed by atoms with Gasteiger partial charge in [-0.05, 0) is 24.7 Å². The summed E-state index contributed by atoms with van der Waals surface area (Å²) in [5, 5.41) is 13.2. The zero-order chi connectivity index (χ0) is 14.0. The monoisotopic (exact) mass is 268 g/mol. The normalized spacial score (nSPS) is 32.4. The number of hydrazone groups is 1. The van der Waals surface area contributed by atoms with Crippen LogP contribution in [0.2, 0.25) is 0 Å². The summed E-state index contributed by atoms with van der Waals surface area (Å²) >= 11 is 0. The molecule has 2 aliphatic rings. The highest BCUT2D eigenvalue weighted by Gasteiger charge is 2.48. The van der Waals surface area contributed by atoms with E-state index >= 15 is 0 Å². The minimum atomic E-state index is -0.910. The Kier molecular flexibility index (Phi) is 4.13. The fraction of sp³-hybridized carbons (Fsp3) is 0.857. The molecule has 1 aliphatic carbocycles. The van der Waals surface area contributed by atoms with Crippen LogP contribution in [0.4, 0.5) is 0 Å². The molecule has 1 fully saturated rings. The molecule has 0 spiro atoms. The number of fused-ring (bicyclic) bond motifs is 1. The third kappa shape index (κ3) is 2.91. The fourth-order valence-electron chi connectivity index (χ4n) is 3.10. The molecule has 19 heavy (non-hydrogen) atoms. The molecule has 1 saturated carbocycles. The van der Waals surface area contributed by atoms with Gasteiger partial charge >= 0.3 is 5.97 Å². The molecule has 2 rings (SSSR count). The smallest absolute Gasteiger partial charge is 0.352 e. The van der Waals surface area contributed by atoms with Crippen molar-refractivity contribution in [3.05, 3.63) is 0 Å². The Labute approximate surface area is 114 Å². The van der Waals surface area contributed by atoms with E-state index < -0.39 is 5.97 Å². The molecule has 0 radical (unpaired) electrons. The molecular weight excluding hydrogens is 244 g/mol. The second-order valence-electron chi connectivity index (χ2n) is 6.29. The van der Waals surface area contributed by atoms with Gasteiger partial charge in [-0.15, -0.1) is 0 Å². The first-order valence-electron chi connectivity index (χ1n) is 7.13. The molecule has 5 heteroatoms. The average Bonchev–Trinajstić information content (AvgIpc) is 2.71. The predicted octanol–water partition coefficient (Wildman–Crippen LogP) is 2.02. The van der Waals surface area contributed by atoms with Crippen LogP contribution in [0.5, 0.6) is 0 Å². The van der Waals surface area contributed by atoms with Crippen molar-refractivity contribution in [1.82, 2.24) is 5.43 Å². The highest BCUT2D eigenvalue weighted by molar-refractivity contribution is 6.37. The third-order valence-electron chi connectivity index (χ3n) is 4.31. The van der Waals surface area contributed by atoms with Gasteiger partial charge in [-0.1, -0.05) is 27.2 Å². The molecule has 0 amide bonds. The lowest BCUT2D eigenvalue weighted by molar-refractivity contribution is -0.130. The standard InChI is InChI=1S/C14H24N2O3/c1-4-5-6-19-11-7-9-10(8-14(11,2)3)15-16-12(9)13(17)18/h9-11,15H,4-8H2,1-3H3,(H,17,18). The number of nitrogens with one attached hydrogen (secondary N) is 1. The molecule has 0 aromatic rings. The van der Waals surface area contributed by atoms with Crippen molar-refractivity contribution < 1.29 is 14.6 Å². The van der Waals surface area contributed by atoms with Crippen molar-refractivity contribution in [2.75, 3.05) is 6.61 Å². The van der Waals surface area contributed by atoms with Gasteiger partial charge in [-0.25, -0.2) is 4.79 Å². The summed E-state index contributed by atoms with van der Waals surface area (Å²) in [4.78, 5) is 11.2.